The number of nitrogen functional groups attached to an aromatic ring is 1. The number of carbonyl (C=O) groups excluding carboxylic acids is 1. The van der Waals surface area contributed by atoms with E-state index in [0.717, 1.165) is 38.4 Å². The standard InChI is InChI=1S/C18H24N6O/c19-15-6-2-1-5-14(15)18(25)23-9-4-11-24-12-10-20-13-16(24)17-21-7-3-8-22-17/h1-3,5-8,16,20H,4,9-13,19H2,(H,23,25). The number of rotatable bonds is 6. The number of piperazine rings is 1. The first-order valence-electron chi connectivity index (χ1n) is 8.60. The van der Waals surface area contributed by atoms with Gasteiger partial charge in [0.25, 0.3) is 5.91 Å². The summed E-state index contributed by atoms with van der Waals surface area (Å²) in [5.74, 6) is 0.720. The van der Waals surface area contributed by atoms with Gasteiger partial charge in [-0.2, -0.15) is 0 Å². The number of benzene rings is 1. The van der Waals surface area contributed by atoms with Crippen LogP contribution in [0.4, 0.5) is 5.69 Å². The van der Waals surface area contributed by atoms with E-state index in [2.05, 4.69) is 25.5 Å². The molecule has 1 amide bonds. The van der Waals surface area contributed by atoms with Crippen molar-refractivity contribution in [2.24, 2.45) is 0 Å². The number of para-hydroxylation sites is 1. The van der Waals surface area contributed by atoms with Crippen molar-refractivity contribution in [2.45, 2.75) is 12.5 Å². The van der Waals surface area contributed by atoms with Gasteiger partial charge in [0, 0.05) is 50.8 Å². The van der Waals surface area contributed by atoms with Gasteiger partial charge in [-0.05, 0) is 24.6 Å². The topological polar surface area (TPSA) is 96.2 Å². The van der Waals surface area contributed by atoms with Crippen molar-refractivity contribution in [3.8, 4) is 0 Å². The predicted molar refractivity (Wildman–Crippen MR) is 97.0 cm³/mol. The fourth-order valence-electron chi connectivity index (χ4n) is 3.03. The Balaban J connectivity index is 1.49. The monoisotopic (exact) mass is 340 g/mol. The summed E-state index contributed by atoms with van der Waals surface area (Å²) in [6.45, 7) is 4.24. The maximum Gasteiger partial charge on any atom is 0.253 e. The van der Waals surface area contributed by atoms with Gasteiger partial charge in [-0.15, -0.1) is 0 Å². The molecule has 1 unspecified atom stereocenters. The van der Waals surface area contributed by atoms with E-state index >= 15 is 0 Å². The average Bonchev–Trinajstić information content (AvgIpc) is 2.66. The molecule has 1 aliphatic heterocycles. The number of hydrogen-bond donors (Lipinski definition) is 3. The van der Waals surface area contributed by atoms with Crippen LogP contribution in [0.25, 0.3) is 0 Å². The third-order valence-corrected chi connectivity index (χ3v) is 4.35. The van der Waals surface area contributed by atoms with E-state index in [-0.39, 0.29) is 11.9 Å². The summed E-state index contributed by atoms with van der Waals surface area (Å²) in [5.41, 5.74) is 6.87. The minimum absolute atomic E-state index is 0.124. The lowest BCUT2D eigenvalue weighted by Crippen LogP contribution is -2.47. The molecule has 1 fully saturated rings. The zero-order chi connectivity index (χ0) is 17.5. The summed E-state index contributed by atoms with van der Waals surface area (Å²) in [7, 11) is 0. The van der Waals surface area contributed by atoms with Crippen LogP contribution in [0.1, 0.15) is 28.6 Å². The number of carbonyl (C=O) groups is 1. The molecule has 2 heterocycles. The summed E-state index contributed by atoms with van der Waals surface area (Å²) >= 11 is 0. The average molecular weight is 340 g/mol. The molecule has 4 N–H and O–H groups in total. The van der Waals surface area contributed by atoms with Gasteiger partial charge in [0.15, 0.2) is 0 Å². The van der Waals surface area contributed by atoms with E-state index in [0.29, 0.717) is 17.8 Å². The van der Waals surface area contributed by atoms with Gasteiger partial charge in [0.2, 0.25) is 0 Å². The fraction of sp³-hybridized carbons (Fsp3) is 0.389. The van der Waals surface area contributed by atoms with Crippen molar-refractivity contribution in [2.75, 3.05) is 38.5 Å². The summed E-state index contributed by atoms with van der Waals surface area (Å²) in [6, 6.07) is 9.12. The van der Waals surface area contributed by atoms with Gasteiger partial charge < -0.3 is 16.4 Å². The number of nitrogens with two attached hydrogens (primary N) is 1. The summed E-state index contributed by atoms with van der Waals surface area (Å²) in [4.78, 5) is 23.3. The van der Waals surface area contributed by atoms with Crippen LogP contribution < -0.4 is 16.4 Å². The number of aromatic nitrogens is 2. The van der Waals surface area contributed by atoms with Crippen molar-refractivity contribution >= 4 is 11.6 Å². The first-order chi connectivity index (χ1) is 12.3. The molecule has 0 spiro atoms. The van der Waals surface area contributed by atoms with E-state index in [4.69, 9.17) is 5.73 Å². The zero-order valence-corrected chi connectivity index (χ0v) is 14.2. The Labute approximate surface area is 147 Å². The molecule has 0 radical (unpaired) electrons. The lowest BCUT2D eigenvalue weighted by molar-refractivity contribution is 0.0949. The normalized spacial score (nSPS) is 18.0. The van der Waals surface area contributed by atoms with Gasteiger partial charge in [-0.3, -0.25) is 9.69 Å². The summed E-state index contributed by atoms with van der Waals surface area (Å²) < 4.78 is 0. The summed E-state index contributed by atoms with van der Waals surface area (Å²) in [6.07, 6.45) is 4.42. The second-order valence-corrected chi connectivity index (χ2v) is 6.06. The molecule has 0 saturated carbocycles. The van der Waals surface area contributed by atoms with Crippen LogP contribution in [0.2, 0.25) is 0 Å². The highest BCUT2D eigenvalue weighted by molar-refractivity contribution is 5.98. The SMILES string of the molecule is Nc1ccccc1C(=O)NCCCN1CCNCC1c1ncccn1. The number of nitrogens with one attached hydrogen (secondary N) is 2. The third kappa shape index (κ3) is 4.52. The molecule has 1 saturated heterocycles. The Bertz CT molecular complexity index is 693. The lowest BCUT2D eigenvalue weighted by Gasteiger charge is -2.35. The highest BCUT2D eigenvalue weighted by atomic mass is 16.1. The molecule has 1 aromatic carbocycles. The van der Waals surface area contributed by atoms with Crippen LogP contribution in [-0.2, 0) is 0 Å². The Morgan fingerprint density at radius 1 is 1.28 bits per heavy atom. The van der Waals surface area contributed by atoms with Gasteiger partial charge in [-0.25, -0.2) is 9.97 Å². The minimum atomic E-state index is -0.124. The quantitative estimate of drug-likeness (QED) is 0.532. The Morgan fingerprint density at radius 2 is 2.08 bits per heavy atom. The molecule has 1 atom stereocenters. The molecular weight excluding hydrogens is 316 g/mol. The first kappa shape index (κ1) is 17.3. The van der Waals surface area contributed by atoms with Gasteiger partial charge in [-0.1, -0.05) is 12.1 Å². The molecule has 0 aliphatic carbocycles. The van der Waals surface area contributed by atoms with Crippen molar-refractivity contribution in [3.63, 3.8) is 0 Å². The van der Waals surface area contributed by atoms with Crippen LogP contribution in [-0.4, -0.2) is 53.5 Å². The molecule has 25 heavy (non-hydrogen) atoms. The van der Waals surface area contributed by atoms with Crippen molar-refractivity contribution < 1.29 is 4.79 Å². The van der Waals surface area contributed by atoms with Crippen LogP contribution in [0.15, 0.2) is 42.7 Å². The molecule has 3 rings (SSSR count). The number of hydrogen-bond acceptors (Lipinski definition) is 6. The van der Waals surface area contributed by atoms with Crippen molar-refractivity contribution in [1.82, 2.24) is 25.5 Å². The van der Waals surface area contributed by atoms with Crippen molar-refractivity contribution in [1.29, 1.82) is 0 Å². The Kier molecular flexibility index (Phi) is 5.92. The maximum atomic E-state index is 12.2. The fourth-order valence-corrected chi connectivity index (χ4v) is 3.03. The first-order valence-corrected chi connectivity index (χ1v) is 8.60. The highest BCUT2D eigenvalue weighted by Gasteiger charge is 2.25. The van der Waals surface area contributed by atoms with E-state index < -0.39 is 0 Å². The second kappa shape index (κ2) is 8.55. The third-order valence-electron chi connectivity index (χ3n) is 4.35. The molecule has 2 aromatic rings. The van der Waals surface area contributed by atoms with Crippen LogP contribution >= 0.6 is 0 Å². The zero-order valence-electron chi connectivity index (χ0n) is 14.2. The summed E-state index contributed by atoms with van der Waals surface area (Å²) in [5, 5.41) is 6.34. The van der Waals surface area contributed by atoms with E-state index in [9.17, 15) is 4.79 Å². The van der Waals surface area contributed by atoms with E-state index in [1.807, 2.05) is 18.2 Å². The molecule has 1 aliphatic rings. The lowest BCUT2D eigenvalue weighted by atomic mass is 10.1. The smallest absolute Gasteiger partial charge is 0.253 e. The van der Waals surface area contributed by atoms with E-state index in [1.54, 1.807) is 24.5 Å². The van der Waals surface area contributed by atoms with Crippen molar-refractivity contribution in [3.05, 3.63) is 54.1 Å². The van der Waals surface area contributed by atoms with Gasteiger partial charge >= 0.3 is 0 Å². The predicted octanol–water partition coefficient (Wildman–Crippen LogP) is 0.825. The molecule has 132 valence electrons. The minimum Gasteiger partial charge on any atom is -0.398 e. The van der Waals surface area contributed by atoms with Gasteiger partial charge in [0.05, 0.1) is 11.6 Å². The second-order valence-electron chi connectivity index (χ2n) is 6.06. The number of anilines is 1. The molecule has 1 aromatic heterocycles. The molecular formula is C18H24N6O. The maximum absolute atomic E-state index is 12.2. The van der Waals surface area contributed by atoms with Crippen LogP contribution in [0.5, 0.6) is 0 Å². The highest BCUT2D eigenvalue weighted by Crippen LogP contribution is 2.18. The number of nitrogens with zero attached hydrogens (tertiary/aromatic N) is 3. The van der Waals surface area contributed by atoms with Gasteiger partial charge in [0.1, 0.15) is 5.82 Å². The Hall–Kier alpha value is -2.51. The van der Waals surface area contributed by atoms with Crippen LogP contribution in [0, 0.1) is 0 Å². The number of amides is 1. The largest absolute Gasteiger partial charge is 0.398 e. The molecule has 7 nitrogen and oxygen atoms in total. The van der Waals surface area contributed by atoms with E-state index in [1.165, 1.54) is 0 Å². The Morgan fingerprint density at radius 3 is 2.88 bits per heavy atom. The van der Waals surface area contributed by atoms with Crippen LogP contribution in [0.3, 0.4) is 0 Å². The molecule has 0 bridgehead atoms. The molecule has 7 heteroatoms.